The Labute approximate surface area is 117 Å². The molecule has 2 aromatic rings. The predicted molar refractivity (Wildman–Crippen MR) is 76.6 cm³/mol. The van der Waals surface area contributed by atoms with Gasteiger partial charge >= 0.3 is 0 Å². The fourth-order valence-corrected chi connectivity index (χ4v) is 2.09. The number of aromatic hydroxyl groups is 1. The van der Waals surface area contributed by atoms with Crippen molar-refractivity contribution in [1.29, 1.82) is 0 Å². The van der Waals surface area contributed by atoms with E-state index >= 15 is 0 Å². The van der Waals surface area contributed by atoms with Gasteiger partial charge < -0.3 is 10.0 Å². The Morgan fingerprint density at radius 2 is 1.95 bits per heavy atom. The zero-order chi connectivity index (χ0) is 14.7. The molecular formula is C16H16FNO2. The van der Waals surface area contributed by atoms with Crippen LogP contribution in [0.5, 0.6) is 5.75 Å². The third-order valence-electron chi connectivity index (χ3n) is 3.22. The van der Waals surface area contributed by atoms with E-state index in [4.69, 9.17) is 0 Å². The average Bonchev–Trinajstić information content (AvgIpc) is 2.42. The van der Waals surface area contributed by atoms with E-state index in [1.165, 1.54) is 23.1 Å². The van der Waals surface area contributed by atoms with Crippen molar-refractivity contribution in [3.63, 3.8) is 0 Å². The van der Waals surface area contributed by atoms with E-state index in [0.717, 1.165) is 0 Å². The number of hydrogen-bond acceptors (Lipinski definition) is 2. The Balaban J connectivity index is 2.42. The minimum Gasteiger partial charge on any atom is -0.508 e. The summed E-state index contributed by atoms with van der Waals surface area (Å²) >= 11 is 0. The van der Waals surface area contributed by atoms with E-state index in [9.17, 15) is 14.3 Å². The molecule has 0 aromatic heterocycles. The van der Waals surface area contributed by atoms with Crippen LogP contribution in [-0.2, 0) is 0 Å². The third kappa shape index (κ3) is 2.64. The normalized spacial score (nSPS) is 10.3. The molecule has 2 aromatic carbocycles. The van der Waals surface area contributed by atoms with E-state index in [-0.39, 0.29) is 17.5 Å². The molecule has 0 atom stereocenters. The van der Waals surface area contributed by atoms with Gasteiger partial charge in [-0.1, -0.05) is 12.1 Å². The van der Waals surface area contributed by atoms with Gasteiger partial charge in [-0.05, 0) is 44.2 Å². The first-order valence-electron chi connectivity index (χ1n) is 6.40. The molecular weight excluding hydrogens is 257 g/mol. The fraction of sp³-hybridized carbons (Fsp3) is 0.188. The molecule has 1 amide bonds. The Bertz CT molecular complexity index is 640. The molecule has 0 radical (unpaired) electrons. The lowest BCUT2D eigenvalue weighted by Gasteiger charge is -2.22. The summed E-state index contributed by atoms with van der Waals surface area (Å²) in [5, 5.41) is 9.69. The van der Waals surface area contributed by atoms with E-state index in [0.29, 0.717) is 23.4 Å². The summed E-state index contributed by atoms with van der Waals surface area (Å²) in [6.45, 7) is 3.92. The number of carbonyl (C=O) groups is 1. The van der Waals surface area contributed by atoms with Gasteiger partial charge in [-0.3, -0.25) is 4.79 Å². The van der Waals surface area contributed by atoms with E-state index in [1.54, 1.807) is 31.2 Å². The maximum Gasteiger partial charge on any atom is 0.258 e. The summed E-state index contributed by atoms with van der Waals surface area (Å²) in [7, 11) is 0. The number of hydrogen-bond donors (Lipinski definition) is 1. The second-order valence-electron chi connectivity index (χ2n) is 4.48. The van der Waals surface area contributed by atoms with E-state index in [1.807, 2.05) is 6.92 Å². The van der Waals surface area contributed by atoms with Crippen molar-refractivity contribution < 1.29 is 14.3 Å². The zero-order valence-corrected chi connectivity index (χ0v) is 11.4. The zero-order valence-electron chi connectivity index (χ0n) is 11.4. The average molecular weight is 273 g/mol. The summed E-state index contributed by atoms with van der Waals surface area (Å²) in [6, 6.07) is 10.7. The van der Waals surface area contributed by atoms with Gasteiger partial charge in [0.05, 0.1) is 0 Å². The number of benzene rings is 2. The van der Waals surface area contributed by atoms with Crippen LogP contribution in [0.4, 0.5) is 10.1 Å². The van der Waals surface area contributed by atoms with Gasteiger partial charge in [-0.25, -0.2) is 4.39 Å². The molecule has 0 heterocycles. The largest absolute Gasteiger partial charge is 0.508 e. The van der Waals surface area contributed by atoms with Gasteiger partial charge in [0.15, 0.2) is 0 Å². The highest BCUT2D eigenvalue weighted by Gasteiger charge is 2.19. The van der Waals surface area contributed by atoms with Crippen molar-refractivity contribution in [3.8, 4) is 5.75 Å². The Morgan fingerprint density at radius 1 is 1.25 bits per heavy atom. The first-order chi connectivity index (χ1) is 9.54. The van der Waals surface area contributed by atoms with Crippen LogP contribution in [0.2, 0.25) is 0 Å². The number of phenolic OH excluding ortho intramolecular Hbond substituents is 1. The molecule has 0 saturated heterocycles. The van der Waals surface area contributed by atoms with Crippen LogP contribution in [-0.4, -0.2) is 17.6 Å². The number of phenols is 1. The molecule has 4 heteroatoms. The number of rotatable bonds is 3. The highest BCUT2D eigenvalue weighted by Crippen LogP contribution is 2.24. The smallest absolute Gasteiger partial charge is 0.258 e. The number of halogens is 1. The Hall–Kier alpha value is -2.36. The van der Waals surface area contributed by atoms with E-state index in [2.05, 4.69) is 0 Å². The highest BCUT2D eigenvalue weighted by molar-refractivity contribution is 6.07. The van der Waals surface area contributed by atoms with Crippen LogP contribution >= 0.6 is 0 Å². The van der Waals surface area contributed by atoms with Gasteiger partial charge in [0, 0.05) is 23.4 Å². The maximum absolute atomic E-state index is 13.3. The fourth-order valence-electron chi connectivity index (χ4n) is 2.09. The molecule has 0 unspecified atom stereocenters. The number of amides is 1. The van der Waals surface area contributed by atoms with Gasteiger partial charge in [-0.2, -0.15) is 0 Å². The molecule has 1 N–H and O–H groups in total. The molecule has 0 spiro atoms. The summed E-state index contributed by atoms with van der Waals surface area (Å²) in [4.78, 5) is 14.0. The third-order valence-corrected chi connectivity index (χ3v) is 3.22. The lowest BCUT2D eigenvalue weighted by Crippen LogP contribution is -2.31. The molecule has 20 heavy (non-hydrogen) atoms. The molecule has 0 aliphatic heterocycles. The summed E-state index contributed by atoms with van der Waals surface area (Å²) < 4.78 is 13.3. The van der Waals surface area contributed by atoms with Gasteiger partial charge in [0.1, 0.15) is 11.6 Å². The lowest BCUT2D eigenvalue weighted by molar-refractivity contribution is 0.0987. The number of anilines is 1. The van der Waals surface area contributed by atoms with Crippen molar-refractivity contribution in [2.45, 2.75) is 13.8 Å². The predicted octanol–water partition coefficient (Wildman–Crippen LogP) is 3.51. The number of nitrogens with zero attached hydrogens (tertiary/aromatic N) is 1. The molecule has 0 aliphatic rings. The van der Waals surface area contributed by atoms with Gasteiger partial charge in [0.2, 0.25) is 0 Å². The van der Waals surface area contributed by atoms with Crippen molar-refractivity contribution in [2.75, 3.05) is 11.4 Å². The van der Waals surface area contributed by atoms with Crippen molar-refractivity contribution in [3.05, 3.63) is 59.4 Å². The highest BCUT2D eigenvalue weighted by atomic mass is 19.1. The van der Waals surface area contributed by atoms with Gasteiger partial charge in [-0.15, -0.1) is 0 Å². The van der Waals surface area contributed by atoms with Crippen molar-refractivity contribution in [1.82, 2.24) is 0 Å². The lowest BCUT2D eigenvalue weighted by atomic mass is 10.1. The van der Waals surface area contributed by atoms with Crippen LogP contribution in [0.25, 0.3) is 0 Å². The summed E-state index contributed by atoms with van der Waals surface area (Å²) in [5.41, 5.74) is 1.43. The van der Waals surface area contributed by atoms with E-state index < -0.39 is 0 Å². The molecule has 2 rings (SSSR count). The molecule has 0 saturated carbocycles. The molecule has 0 bridgehead atoms. The Morgan fingerprint density at radius 3 is 2.60 bits per heavy atom. The monoisotopic (exact) mass is 273 g/mol. The minimum absolute atomic E-state index is 0.0751. The SMILES string of the molecule is CCN(C(=O)c1cccc(O)c1C)c1cccc(F)c1. The van der Waals surface area contributed by atoms with Crippen LogP contribution in [0.3, 0.4) is 0 Å². The maximum atomic E-state index is 13.3. The molecule has 3 nitrogen and oxygen atoms in total. The second kappa shape index (κ2) is 5.74. The van der Waals surface area contributed by atoms with Crippen LogP contribution < -0.4 is 4.90 Å². The standard InChI is InChI=1S/C16H16FNO2/c1-3-18(13-7-4-6-12(17)10-13)16(20)14-8-5-9-15(19)11(14)2/h4-10,19H,3H2,1-2H3. The molecule has 0 aliphatic carbocycles. The quantitative estimate of drug-likeness (QED) is 0.929. The molecule has 0 fully saturated rings. The van der Waals surface area contributed by atoms with Gasteiger partial charge in [0.25, 0.3) is 5.91 Å². The summed E-state index contributed by atoms with van der Waals surface area (Å²) in [5.74, 6) is -0.570. The van der Waals surface area contributed by atoms with Crippen LogP contribution in [0.15, 0.2) is 42.5 Å². The number of carbonyl (C=O) groups excluding carboxylic acids is 1. The minimum atomic E-state index is -0.388. The van der Waals surface area contributed by atoms with Crippen molar-refractivity contribution >= 4 is 11.6 Å². The topological polar surface area (TPSA) is 40.5 Å². The van der Waals surface area contributed by atoms with Crippen molar-refractivity contribution in [2.24, 2.45) is 0 Å². The first kappa shape index (κ1) is 14.1. The first-order valence-corrected chi connectivity index (χ1v) is 6.40. The summed E-state index contributed by atoms with van der Waals surface area (Å²) in [6.07, 6.45) is 0. The Kier molecular flexibility index (Phi) is 4.03. The van der Waals surface area contributed by atoms with Crippen LogP contribution in [0, 0.1) is 12.7 Å². The van der Waals surface area contributed by atoms with Crippen LogP contribution in [0.1, 0.15) is 22.8 Å². The second-order valence-corrected chi connectivity index (χ2v) is 4.48. The molecule has 104 valence electrons.